The van der Waals surface area contributed by atoms with Gasteiger partial charge in [-0.1, -0.05) is 6.92 Å². The van der Waals surface area contributed by atoms with Crippen molar-refractivity contribution in [3.8, 4) is 0 Å². The van der Waals surface area contributed by atoms with E-state index in [9.17, 15) is 0 Å². The van der Waals surface area contributed by atoms with E-state index in [1.54, 1.807) is 0 Å². The van der Waals surface area contributed by atoms with Gasteiger partial charge >= 0.3 is 0 Å². The van der Waals surface area contributed by atoms with Crippen molar-refractivity contribution in [3.05, 3.63) is 0 Å². The number of fused-ring (bicyclic) bond motifs is 3. The highest BCUT2D eigenvalue weighted by Gasteiger charge is 2.43. The third kappa shape index (κ3) is 1.09. The van der Waals surface area contributed by atoms with Crippen molar-refractivity contribution in [3.63, 3.8) is 0 Å². The Morgan fingerprint density at radius 2 is 2.08 bits per heavy atom. The molecule has 2 bridgehead atoms. The van der Waals surface area contributed by atoms with Crippen molar-refractivity contribution >= 4 is 0 Å². The molecule has 3 saturated heterocycles. The summed E-state index contributed by atoms with van der Waals surface area (Å²) in [5, 5.41) is 3.56. The fourth-order valence-corrected chi connectivity index (χ4v) is 3.03. The highest BCUT2D eigenvalue weighted by atomic mass is 15.2. The van der Waals surface area contributed by atoms with Crippen LogP contribution in [0.1, 0.15) is 26.2 Å². The first-order valence-electron chi connectivity index (χ1n) is 5.22. The van der Waals surface area contributed by atoms with Crippen molar-refractivity contribution in [2.45, 2.75) is 31.7 Å². The van der Waals surface area contributed by atoms with Crippen LogP contribution in [0.4, 0.5) is 0 Å². The minimum absolute atomic E-state index is 0.455. The van der Waals surface area contributed by atoms with E-state index in [2.05, 4.69) is 24.2 Å². The molecule has 0 aliphatic carbocycles. The van der Waals surface area contributed by atoms with Crippen LogP contribution in [0.5, 0.6) is 0 Å². The lowest BCUT2D eigenvalue weighted by atomic mass is 9.71. The summed E-state index contributed by atoms with van der Waals surface area (Å²) in [6.07, 6.45) is 4.11. The number of hydrogen-bond acceptors (Lipinski definition) is 2. The van der Waals surface area contributed by atoms with Gasteiger partial charge in [0, 0.05) is 12.1 Å². The summed E-state index contributed by atoms with van der Waals surface area (Å²) < 4.78 is 0. The Morgan fingerprint density at radius 3 is 2.33 bits per heavy atom. The first-order chi connectivity index (χ1) is 5.80. The van der Waals surface area contributed by atoms with E-state index < -0.39 is 0 Å². The van der Waals surface area contributed by atoms with Gasteiger partial charge in [0.15, 0.2) is 0 Å². The molecule has 0 aromatic heterocycles. The van der Waals surface area contributed by atoms with Crippen molar-refractivity contribution in [1.29, 1.82) is 0 Å². The van der Waals surface area contributed by atoms with Gasteiger partial charge in [-0.05, 0) is 45.3 Å². The highest BCUT2D eigenvalue weighted by molar-refractivity contribution is 5.02. The molecule has 0 aromatic rings. The molecule has 3 heterocycles. The average molecular weight is 168 g/mol. The molecule has 2 heteroatoms. The number of piperidine rings is 3. The van der Waals surface area contributed by atoms with Crippen LogP contribution < -0.4 is 5.32 Å². The Hall–Kier alpha value is -0.0800. The van der Waals surface area contributed by atoms with Crippen LogP contribution >= 0.6 is 0 Å². The lowest BCUT2D eigenvalue weighted by Gasteiger charge is -2.53. The summed E-state index contributed by atoms with van der Waals surface area (Å²) in [5.74, 6) is 0.942. The second kappa shape index (κ2) is 3.00. The maximum absolute atomic E-state index is 3.56. The van der Waals surface area contributed by atoms with Gasteiger partial charge in [-0.2, -0.15) is 0 Å². The lowest BCUT2D eigenvalue weighted by Crippen LogP contribution is -2.64. The van der Waals surface area contributed by atoms with E-state index in [0.717, 1.165) is 5.92 Å². The van der Waals surface area contributed by atoms with Crippen molar-refractivity contribution < 1.29 is 0 Å². The molecule has 1 unspecified atom stereocenters. The van der Waals surface area contributed by atoms with Gasteiger partial charge in [0.1, 0.15) is 0 Å². The highest BCUT2D eigenvalue weighted by Crippen LogP contribution is 2.37. The van der Waals surface area contributed by atoms with Crippen LogP contribution in [-0.2, 0) is 0 Å². The molecule has 2 nitrogen and oxygen atoms in total. The monoisotopic (exact) mass is 168 g/mol. The minimum atomic E-state index is 0.455. The molecule has 0 amide bonds. The van der Waals surface area contributed by atoms with E-state index in [1.807, 2.05) is 0 Å². The van der Waals surface area contributed by atoms with Crippen LogP contribution in [0.2, 0.25) is 0 Å². The zero-order valence-corrected chi connectivity index (χ0v) is 8.27. The third-order valence-electron chi connectivity index (χ3n) is 4.00. The van der Waals surface area contributed by atoms with Gasteiger partial charge in [-0.25, -0.2) is 0 Å². The lowest BCUT2D eigenvalue weighted by molar-refractivity contribution is 0.00817. The van der Waals surface area contributed by atoms with Gasteiger partial charge in [0.2, 0.25) is 0 Å². The van der Waals surface area contributed by atoms with Crippen molar-refractivity contribution in [2.24, 2.45) is 5.92 Å². The van der Waals surface area contributed by atoms with E-state index in [1.165, 1.54) is 38.9 Å². The van der Waals surface area contributed by atoms with Crippen molar-refractivity contribution in [1.82, 2.24) is 10.2 Å². The number of nitrogens with one attached hydrogen (secondary N) is 1. The van der Waals surface area contributed by atoms with E-state index >= 15 is 0 Å². The van der Waals surface area contributed by atoms with Gasteiger partial charge in [-0.3, -0.25) is 0 Å². The Kier molecular flexibility index (Phi) is 2.13. The Labute approximate surface area is 75.3 Å². The zero-order chi connectivity index (χ0) is 8.60. The zero-order valence-electron chi connectivity index (χ0n) is 8.27. The van der Waals surface area contributed by atoms with Gasteiger partial charge in [-0.15, -0.1) is 0 Å². The predicted octanol–water partition coefficient (Wildman–Crippen LogP) is 1.08. The molecule has 0 radical (unpaired) electrons. The van der Waals surface area contributed by atoms with Crippen LogP contribution in [0.3, 0.4) is 0 Å². The minimum Gasteiger partial charge on any atom is -0.313 e. The molecule has 1 N–H and O–H groups in total. The summed E-state index contributed by atoms with van der Waals surface area (Å²) >= 11 is 0. The fourth-order valence-electron chi connectivity index (χ4n) is 3.03. The van der Waals surface area contributed by atoms with Crippen LogP contribution in [-0.4, -0.2) is 37.1 Å². The molecule has 70 valence electrons. The molecular weight excluding hydrogens is 148 g/mol. The Morgan fingerprint density at radius 1 is 1.42 bits per heavy atom. The summed E-state index contributed by atoms with van der Waals surface area (Å²) in [5.41, 5.74) is 0.455. The topological polar surface area (TPSA) is 15.3 Å². The van der Waals surface area contributed by atoms with E-state index in [-0.39, 0.29) is 0 Å². The molecule has 12 heavy (non-hydrogen) atoms. The van der Waals surface area contributed by atoms with Crippen LogP contribution in [0, 0.1) is 5.92 Å². The molecule has 3 aliphatic heterocycles. The number of rotatable bonds is 2. The number of hydrogen-bond donors (Lipinski definition) is 1. The average Bonchev–Trinajstić information content (AvgIpc) is 2.19. The smallest absolute Gasteiger partial charge is 0.0332 e. The SMILES string of the molecule is CCC1(NC)CN2CCC1CC2. The quantitative estimate of drug-likeness (QED) is 0.664. The third-order valence-corrected chi connectivity index (χ3v) is 4.00. The molecule has 0 spiro atoms. The first kappa shape index (κ1) is 8.52. The maximum Gasteiger partial charge on any atom is 0.0332 e. The molecule has 0 saturated carbocycles. The largest absolute Gasteiger partial charge is 0.313 e. The normalized spacial score (nSPS) is 46.5. The summed E-state index contributed by atoms with van der Waals surface area (Å²) in [6, 6.07) is 0. The summed E-state index contributed by atoms with van der Waals surface area (Å²) in [4.78, 5) is 2.61. The fraction of sp³-hybridized carbons (Fsp3) is 1.00. The molecule has 1 atom stereocenters. The van der Waals surface area contributed by atoms with Gasteiger partial charge < -0.3 is 10.2 Å². The molecule has 3 fully saturated rings. The number of likely N-dealkylation sites (N-methyl/N-ethyl adjacent to an activating group) is 1. The molecule has 3 aliphatic rings. The van der Waals surface area contributed by atoms with Gasteiger partial charge in [0.25, 0.3) is 0 Å². The first-order valence-corrected chi connectivity index (χ1v) is 5.22. The van der Waals surface area contributed by atoms with Crippen LogP contribution in [0.15, 0.2) is 0 Å². The van der Waals surface area contributed by atoms with E-state index in [0.29, 0.717) is 5.54 Å². The molecular formula is C10H20N2. The second-order valence-electron chi connectivity index (χ2n) is 4.31. The second-order valence-corrected chi connectivity index (χ2v) is 4.31. The van der Waals surface area contributed by atoms with E-state index in [4.69, 9.17) is 0 Å². The summed E-state index contributed by atoms with van der Waals surface area (Å²) in [6.45, 7) is 6.28. The van der Waals surface area contributed by atoms with Crippen molar-refractivity contribution in [2.75, 3.05) is 26.7 Å². The predicted molar refractivity (Wildman–Crippen MR) is 51.2 cm³/mol. The molecule has 0 aromatic carbocycles. The van der Waals surface area contributed by atoms with Gasteiger partial charge in [0.05, 0.1) is 0 Å². The maximum atomic E-state index is 3.56. The van der Waals surface area contributed by atoms with Crippen LogP contribution in [0.25, 0.3) is 0 Å². The number of nitrogens with zero attached hydrogens (tertiary/aromatic N) is 1. The Bertz CT molecular complexity index is 155. The molecule has 3 rings (SSSR count). The Balaban J connectivity index is 2.15. The standard InChI is InChI=1S/C10H20N2/c1-3-10(11-2)8-12-6-4-9(10)5-7-12/h9,11H,3-8H2,1-2H3. The summed E-state index contributed by atoms with van der Waals surface area (Å²) in [7, 11) is 2.13.